The van der Waals surface area contributed by atoms with Crippen molar-refractivity contribution in [2.45, 2.75) is 44.2 Å². The lowest BCUT2D eigenvalue weighted by Gasteiger charge is -2.35. The van der Waals surface area contributed by atoms with Crippen molar-refractivity contribution < 1.29 is 0 Å². The number of likely N-dealkylation sites (tertiary alicyclic amines) is 1. The molecule has 2 heterocycles. The fourth-order valence-electron chi connectivity index (χ4n) is 2.98. The lowest BCUT2D eigenvalue weighted by molar-refractivity contribution is 0.141. The molecule has 2 fully saturated rings. The summed E-state index contributed by atoms with van der Waals surface area (Å²) in [6, 6.07) is 1.63. The van der Waals surface area contributed by atoms with E-state index in [1.165, 1.54) is 58.3 Å². The summed E-state index contributed by atoms with van der Waals surface area (Å²) in [5.74, 6) is 0. The van der Waals surface area contributed by atoms with Crippen molar-refractivity contribution in [1.82, 2.24) is 15.1 Å². The quantitative estimate of drug-likeness (QED) is 0.774. The van der Waals surface area contributed by atoms with E-state index in [-0.39, 0.29) is 0 Å². The molecule has 2 rings (SSSR count). The smallest absolute Gasteiger partial charge is 0.0117 e. The minimum atomic E-state index is 0.800. The Morgan fingerprint density at radius 3 is 2.62 bits per heavy atom. The summed E-state index contributed by atoms with van der Waals surface area (Å²) in [7, 11) is 4.55. The zero-order chi connectivity index (χ0) is 11.4. The molecule has 0 aromatic carbocycles. The van der Waals surface area contributed by atoms with Crippen LogP contribution in [0, 0.1) is 0 Å². The molecule has 0 aliphatic carbocycles. The van der Waals surface area contributed by atoms with Gasteiger partial charge in [-0.3, -0.25) is 0 Å². The second-order valence-corrected chi connectivity index (χ2v) is 5.60. The van der Waals surface area contributed by atoms with E-state index in [1.807, 2.05) is 0 Å². The predicted molar refractivity (Wildman–Crippen MR) is 68.8 cm³/mol. The summed E-state index contributed by atoms with van der Waals surface area (Å²) in [4.78, 5) is 5.04. The normalized spacial score (nSPS) is 29.1. The summed E-state index contributed by atoms with van der Waals surface area (Å²) in [6.45, 7) is 5.06. The van der Waals surface area contributed by atoms with Gasteiger partial charge in [-0.2, -0.15) is 0 Å². The van der Waals surface area contributed by atoms with Crippen molar-refractivity contribution in [3.63, 3.8) is 0 Å². The Hall–Kier alpha value is -0.120. The third kappa shape index (κ3) is 3.44. The van der Waals surface area contributed by atoms with Gasteiger partial charge in [-0.05, 0) is 72.4 Å². The van der Waals surface area contributed by atoms with Crippen molar-refractivity contribution in [2.24, 2.45) is 0 Å². The molecule has 16 heavy (non-hydrogen) atoms. The molecule has 3 nitrogen and oxygen atoms in total. The summed E-state index contributed by atoms with van der Waals surface area (Å²) in [5, 5.41) is 3.59. The maximum absolute atomic E-state index is 3.59. The Balaban J connectivity index is 1.64. The first-order chi connectivity index (χ1) is 7.75. The SMILES string of the molecule is CN1CCC(N(C)CCC2CCCN2)CC1. The number of nitrogens with one attached hydrogen (secondary N) is 1. The molecule has 0 aromatic rings. The van der Waals surface area contributed by atoms with Gasteiger partial charge in [-0.1, -0.05) is 0 Å². The van der Waals surface area contributed by atoms with E-state index in [4.69, 9.17) is 0 Å². The van der Waals surface area contributed by atoms with Gasteiger partial charge in [0.25, 0.3) is 0 Å². The lowest BCUT2D eigenvalue weighted by Crippen LogP contribution is -2.43. The average Bonchev–Trinajstić information content (AvgIpc) is 2.80. The van der Waals surface area contributed by atoms with E-state index >= 15 is 0 Å². The molecule has 2 saturated heterocycles. The Labute approximate surface area is 100 Å². The van der Waals surface area contributed by atoms with Crippen LogP contribution in [0.1, 0.15) is 32.1 Å². The Bertz CT molecular complexity index is 193. The van der Waals surface area contributed by atoms with Crippen molar-refractivity contribution in [3.05, 3.63) is 0 Å². The van der Waals surface area contributed by atoms with Crippen molar-refractivity contribution in [2.75, 3.05) is 40.3 Å². The van der Waals surface area contributed by atoms with Crippen LogP contribution in [0.15, 0.2) is 0 Å². The fraction of sp³-hybridized carbons (Fsp3) is 1.00. The third-order valence-corrected chi connectivity index (χ3v) is 4.30. The van der Waals surface area contributed by atoms with Crippen LogP contribution in [0.2, 0.25) is 0 Å². The van der Waals surface area contributed by atoms with E-state index in [0.29, 0.717) is 0 Å². The summed E-state index contributed by atoms with van der Waals surface area (Å²) >= 11 is 0. The van der Waals surface area contributed by atoms with Gasteiger partial charge in [0.05, 0.1) is 0 Å². The second-order valence-electron chi connectivity index (χ2n) is 5.60. The van der Waals surface area contributed by atoms with Gasteiger partial charge >= 0.3 is 0 Å². The highest BCUT2D eigenvalue weighted by atomic mass is 15.2. The van der Waals surface area contributed by atoms with Crippen LogP contribution in [0.3, 0.4) is 0 Å². The maximum Gasteiger partial charge on any atom is 0.0117 e. The molecule has 0 aromatic heterocycles. The second kappa shape index (κ2) is 5.99. The molecule has 0 radical (unpaired) electrons. The monoisotopic (exact) mass is 225 g/mol. The van der Waals surface area contributed by atoms with E-state index < -0.39 is 0 Å². The van der Waals surface area contributed by atoms with Crippen molar-refractivity contribution in [3.8, 4) is 0 Å². The van der Waals surface area contributed by atoms with Gasteiger partial charge in [0.15, 0.2) is 0 Å². The van der Waals surface area contributed by atoms with Gasteiger partial charge in [-0.25, -0.2) is 0 Å². The molecule has 2 aliphatic rings. The van der Waals surface area contributed by atoms with Crippen LogP contribution in [0.4, 0.5) is 0 Å². The molecule has 1 unspecified atom stereocenters. The first-order valence-corrected chi connectivity index (χ1v) is 6.88. The van der Waals surface area contributed by atoms with Crippen LogP contribution >= 0.6 is 0 Å². The molecule has 1 N–H and O–H groups in total. The average molecular weight is 225 g/mol. The topological polar surface area (TPSA) is 18.5 Å². The fourth-order valence-corrected chi connectivity index (χ4v) is 2.98. The molecule has 94 valence electrons. The zero-order valence-corrected chi connectivity index (χ0v) is 10.9. The molecular weight excluding hydrogens is 198 g/mol. The van der Waals surface area contributed by atoms with E-state index in [2.05, 4.69) is 29.2 Å². The highest BCUT2D eigenvalue weighted by molar-refractivity contribution is 4.79. The molecule has 1 atom stereocenters. The molecule has 3 heteroatoms. The van der Waals surface area contributed by atoms with Crippen LogP contribution in [-0.4, -0.2) is 62.2 Å². The number of hydrogen-bond donors (Lipinski definition) is 1. The first kappa shape index (κ1) is 12.3. The number of nitrogens with zero attached hydrogens (tertiary/aromatic N) is 2. The third-order valence-electron chi connectivity index (χ3n) is 4.30. The largest absolute Gasteiger partial charge is 0.314 e. The van der Waals surface area contributed by atoms with Gasteiger partial charge < -0.3 is 15.1 Å². The van der Waals surface area contributed by atoms with E-state index in [9.17, 15) is 0 Å². The number of rotatable bonds is 4. The Morgan fingerprint density at radius 1 is 1.25 bits per heavy atom. The van der Waals surface area contributed by atoms with Crippen LogP contribution in [0.5, 0.6) is 0 Å². The molecule has 0 bridgehead atoms. The van der Waals surface area contributed by atoms with Crippen molar-refractivity contribution >= 4 is 0 Å². The van der Waals surface area contributed by atoms with Crippen molar-refractivity contribution in [1.29, 1.82) is 0 Å². The van der Waals surface area contributed by atoms with Gasteiger partial charge in [0, 0.05) is 12.1 Å². The molecule has 2 aliphatic heterocycles. The van der Waals surface area contributed by atoms with Crippen LogP contribution in [-0.2, 0) is 0 Å². The molecule has 0 saturated carbocycles. The predicted octanol–water partition coefficient (Wildman–Crippen LogP) is 1.15. The lowest BCUT2D eigenvalue weighted by atomic mass is 10.0. The Morgan fingerprint density at radius 2 is 2.00 bits per heavy atom. The Kier molecular flexibility index (Phi) is 4.62. The first-order valence-electron chi connectivity index (χ1n) is 6.88. The number of hydrogen-bond acceptors (Lipinski definition) is 3. The molecular formula is C13H27N3. The molecule has 0 spiro atoms. The van der Waals surface area contributed by atoms with Crippen LogP contribution in [0.25, 0.3) is 0 Å². The summed E-state index contributed by atoms with van der Waals surface area (Å²) in [5.41, 5.74) is 0. The highest BCUT2D eigenvalue weighted by Crippen LogP contribution is 2.16. The van der Waals surface area contributed by atoms with Crippen LogP contribution < -0.4 is 5.32 Å². The van der Waals surface area contributed by atoms with E-state index in [0.717, 1.165) is 12.1 Å². The van der Waals surface area contributed by atoms with Gasteiger partial charge in [-0.15, -0.1) is 0 Å². The number of piperidine rings is 1. The minimum absolute atomic E-state index is 0.800. The zero-order valence-electron chi connectivity index (χ0n) is 10.9. The molecule has 0 amide bonds. The summed E-state index contributed by atoms with van der Waals surface area (Å²) < 4.78 is 0. The standard InChI is InChI=1S/C13H27N3/c1-15-9-6-13(7-10-15)16(2)11-5-12-4-3-8-14-12/h12-14H,3-11H2,1-2H3. The van der Waals surface area contributed by atoms with Gasteiger partial charge in [0.2, 0.25) is 0 Å². The van der Waals surface area contributed by atoms with Gasteiger partial charge in [0.1, 0.15) is 0 Å². The minimum Gasteiger partial charge on any atom is -0.314 e. The van der Waals surface area contributed by atoms with E-state index in [1.54, 1.807) is 0 Å². The maximum atomic E-state index is 3.59. The summed E-state index contributed by atoms with van der Waals surface area (Å²) in [6.07, 6.45) is 6.81. The highest BCUT2D eigenvalue weighted by Gasteiger charge is 2.21.